The second kappa shape index (κ2) is 13.2. The lowest BCUT2D eigenvalue weighted by atomic mass is 10.1. The summed E-state index contributed by atoms with van der Waals surface area (Å²) in [6.45, 7) is 7.92. The number of rotatable bonds is 9. The maximum atomic E-state index is 13.0. The summed E-state index contributed by atoms with van der Waals surface area (Å²) < 4.78 is 2.10. The number of amides is 2. The van der Waals surface area contributed by atoms with Crippen molar-refractivity contribution in [2.75, 3.05) is 25.4 Å². The van der Waals surface area contributed by atoms with E-state index in [1.165, 1.54) is 11.1 Å². The van der Waals surface area contributed by atoms with Crippen molar-refractivity contribution in [1.82, 2.24) is 24.6 Å². The standard InChI is InChI=1S/C33H37N5O2S/c1-24-11-15-28(16-12-24)32-34-35-33(38(32)29-17-13-25(2)14-18-29)41-21-7-10-30(39)36-19-20-37(26(3)23-36)31(40)22-27-8-5-4-6-9-27/h4-6,8-9,11-18,26H,7,10,19-23H2,1-3H3. The van der Waals surface area contributed by atoms with Crippen molar-refractivity contribution in [3.63, 3.8) is 0 Å². The molecule has 0 saturated carbocycles. The van der Waals surface area contributed by atoms with E-state index in [0.717, 1.165) is 40.0 Å². The van der Waals surface area contributed by atoms with E-state index in [1.54, 1.807) is 11.8 Å². The Kier molecular flexibility index (Phi) is 9.19. The first kappa shape index (κ1) is 28.6. The summed E-state index contributed by atoms with van der Waals surface area (Å²) in [7, 11) is 0. The minimum absolute atomic E-state index is 0.00606. The van der Waals surface area contributed by atoms with E-state index in [2.05, 4.69) is 77.1 Å². The third-order valence-electron chi connectivity index (χ3n) is 7.50. The van der Waals surface area contributed by atoms with E-state index < -0.39 is 0 Å². The molecule has 1 saturated heterocycles. The van der Waals surface area contributed by atoms with Gasteiger partial charge in [0.1, 0.15) is 0 Å². The second-order valence-corrected chi connectivity index (χ2v) is 11.8. The van der Waals surface area contributed by atoms with E-state index in [-0.39, 0.29) is 17.9 Å². The molecule has 4 aromatic rings. The molecular weight excluding hydrogens is 530 g/mol. The van der Waals surface area contributed by atoms with Crippen molar-refractivity contribution in [2.24, 2.45) is 0 Å². The van der Waals surface area contributed by atoms with Crippen molar-refractivity contribution >= 4 is 23.6 Å². The van der Waals surface area contributed by atoms with Gasteiger partial charge in [0.25, 0.3) is 0 Å². The van der Waals surface area contributed by atoms with Gasteiger partial charge >= 0.3 is 0 Å². The third-order valence-corrected chi connectivity index (χ3v) is 8.52. The minimum Gasteiger partial charge on any atom is -0.339 e. The lowest BCUT2D eigenvalue weighted by Crippen LogP contribution is -2.55. The van der Waals surface area contributed by atoms with Crippen LogP contribution in [0.3, 0.4) is 0 Å². The van der Waals surface area contributed by atoms with E-state index in [9.17, 15) is 9.59 Å². The molecule has 0 N–H and O–H groups in total. The van der Waals surface area contributed by atoms with Gasteiger partial charge in [0, 0.05) is 49.1 Å². The summed E-state index contributed by atoms with van der Waals surface area (Å²) in [6.07, 6.45) is 1.61. The highest BCUT2D eigenvalue weighted by Gasteiger charge is 2.29. The predicted molar refractivity (Wildman–Crippen MR) is 164 cm³/mol. The average Bonchev–Trinajstić information content (AvgIpc) is 3.40. The molecule has 212 valence electrons. The zero-order valence-corrected chi connectivity index (χ0v) is 24.8. The number of nitrogens with zero attached hydrogens (tertiary/aromatic N) is 5. The van der Waals surface area contributed by atoms with Gasteiger partial charge in [-0.3, -0.25) is 14.2 Å². The molecule has 1 aliphatic rings. The van der Waals surface area contributed by atoms with Crippen LogP contribution in [-0.2, 0) is 16.0 Å². The molecule has 41 heavy (non-hydrogen) atoms. The van der Waals surface area contributed by atoms with Crippen LogP contribution in [0.4, 0.5) is 0 Å². The molecule has 0 aliphatic carbocycles. The van der Waals surface area contributed by atoms with Crippen LogP contribution in [0, 0.1) is 13.8 Å². The fourth-order valence-electron chi connectivity index (χ4n) is 5.15. The number of thioether (sulfide) groups is 1. The summed E-state index contributed by atoms with van der Waals surface area (Å²) >= 11 is 1.62. The zero-order chi connectivity index (χ0) is 28.8. The van der Waals surface area contributed by atoms with Crippen LogP contribution in [0.2, 0.25) is 0 Å². The topological polar surface area (TPSA) is 71.3 Å². The molecule has 1 aromatic heterocycles. The molecular formula is C33H37N5O2S. The van der Waals surface area contributed by atoms with E-state index >= 15 is 0 Å². The highest BCUT2D eigenvalue weighted by molar-refractivity contribution is 7.99. The van der Waals surface area contributed by atoms with Crippen LogP contribution in [0.5, 0.6) is 0 Å². The molecule has 5 rings (SSSR count). The minimum atomic E-state index is 0.00606. The van der Waals surface area contributed by atoms with Crippen LogP contribution >= 0.6 is 11.8 Å². The van der Waals surface area contributed by atoms with Gasteiger partial charge in [-0.05, 0) is 44.9 Å². The molecule has 0 bridgehead atoms. The van der Waals surface area contributed by atoms with Gasteiger partial charge in [-0.25, -0.2) is 0 Å². The Morgan fingerprint density at radius 1 is 0.854 bits per heavy atom. The maximum Gasteiger partial charge on any atom is 0.227 e. The number of carbonyl (C=O) groups excluding carboxylic acids is 2. The van der Waals surface area contributed by atoms with Crippen molar-refractivity contribution in [1.29, 1.82) is 0 Å². The lowest BCUT2D eigenvalue weighted by Gasteiger charge is -2.40. The van der Waals surface area contributed by atoms with Gasteiger partial charge in [-0.15, -0.1) is 10.2 Å². The normalized spacial score (nSPS) is 15.2. The molecule has 0 radical (unpaired) electrons. The van der Waals surface area contributed by atoms with E-state index in [4.69, 9.17) is 0 Å². The Labute approximate surface area is 246 Å². The Morgan fingerprint density at radius 3 is 2.22 bits per heavy atom. The molecule has 1 fully saturated rings. The molecule has 2 amide bonds. The number of hydrogen-bond donors (Lipinski definition) is 0. The number of benzene rings is 3. The van der Waals surface area contributed by atoms with Crippen LogP contribution in [0.1, 0.15) is 36.5 Å². The Hall–Kier alpha value is -3.91. The first-order chi connectivity index (χ1) is 19.9. The number of carbonyl (C=O) groups is 2. The highest BCUT2D eigenvalue weighted by atomic mass is 32.2. The summed E-state index contributed by atoms with van der Waals surface area (Å²) in [6, 6.07) is 26.5. The molecule has 3 aromatic carbocycles. The number of piperazine rings is 1. The van der Waals surface area contributed by atoms with Crippen molar-refractivity contribution in [3.8, 4) is 17.1 Å². The smallest absolute Gasteiger partial charge is 0.227 e. The predicted octanol–water partition coefficient (Wildman–Crippen LogP) is 5.73. The van der Waals surface area contributed by atoms with Gasteiger partial charge in [0.2, 0.25) is 11.8 Å². The maximum absolute atomic E-state index is 13.0. The second-order valence-electron chi connectivity index (χ2n) is 10.7. The fourth-order valence-corrected chi connectivity index (χ4v) is 6.04. The number of hydrogen-bond acceptors (Lipinski definition) is 5. The van der Waals surface area contributed by atoms with Crippen LogP contribution in [0.15, 0.2) is 84.0 Å². The summed E-state index contributed by atoms with van der Waals surface area (Å²) in [4.78, 5) is 29.7. The lowest BCUT2D eigenvalue weighted by molar-refractivity contribution is -0.142. The van der Waals surface area contributed by atoms with Crippen LogP contribution in [0.25, 0.3) is 17.1 Å². The molecule has 1 atom stereocenters. The molecule has 0 spiro atoms. The Morgan fingerprint density at radius 2 is 1.54 bits per heavy atom. The largest absolute Gasteiger partial charge is 0.339 e. The van der Waals surface area contributed by atoms with Crippen molar-refractivity contribution in [3.05, 3.63) is 95.6 Å². The first-order valence-electron chi connectivity index (χ1n) is 14.2. The number of aryl methyl sites for hydroxylation is 2. The quantitative estimate of drug-likeness (QED) is 0.191. The van der Waals surface area contributed by atoms with Crippen LogP contribution < -0.4 is 0 Å². The summed E-state index contributed by atoms with van der Waals surface area (Å²) in [5.74, 6) is 1.83. The van der Waals surface area contributed by atoms with E-state index in [1.807, 2.05) is 47.1 Å². The summed E-state index contributed by atoms with van der Waals surface area (Å²) in [5, 5.41) is 9.89. The molecule has 1 aliphatic heterocycles. The van der Waals surface area contributed by atoms with Crippen LogP contribution in [-0.4, -0.2) is 67.8 Å². The molecule has 8 heteroatoms. The van der Waals surface area contributed by atoms with Gasteiger partial charge in [-0.1, -0.05) is 89.6 Å². The summed E-state index contributed by atoms with van der Waals surface area (Å²) in [5.41, 5.74) is 5.45. The molecule has 7 nitrogen and oxygen atoms in total. The zero-order valence-electron chi connectivity index (χ0n) is 24.0. The van der Waals surface area contributed by atoms with Crippen molar-refractivity contribution < 1.29 is 9.59 Å². The van der Waals surface area contributed by atoms with Gasteiger partial charge in [0.05, 0.1) is 6.42 Å². The monoisotopic (exact) mass is 567 g/mol. The van der Waals surface area contributed by atoms with Gasteiger partial charge in [0.15, 0.2) is 11.0 Å². The first-order valence-corrected chi connectivity index (χ1v) is 15.2. The Balaban J connectivity index is 1.16. The van der Waals surface area contributed by atoms with Gasteiger partial charge < -0.3 is 9.80 Å². The highest BCUT2D eigenvalue weighted by Crippen LogP contribution is 2.29. The average molecular weight is 568 g/mol. The number of aromatic nitrogens is 3. The van der Waals surface area contributed by atoms with E-state index in [0.29, 0.717) is 32.5 Å². The Bertz CT molecular complexity index is 1470. The fraction of sp³-hybridized carbons (Fsp3) is 0.333. The molecule has 1 unspecified atom stereocenters. The van der Waals surface area contributed by atoms with Crippen molar-refractivity contribution in [2.45, 2.75) is 51.2 Å². The SMILES string of the molecule is Cc1ccc(-c2nnc(SCCCC(=O)N3CCN(C(=O)Cc4ccccc4)C(C)C3)n2-c2ccc(C)cc2)cc1. The third kappa shape index (κ3) is 7.06. The molecule has 2 heterocycles. The van der Waals surface area contributed by atoms with Gasteiger partial charge in [-0.2, -0.15) is 0 Å².